The Morgan fingerprint density at radius 1 is 1.04 bits per heavy atom. The molecular weight excluding hydrogens is 432 g/mol. The van der Waals surface area contributed by atoms with E-state index < -0.39 is 0 Å². The van der Waals surface area contributed by atoms with Crippen LogP contribution in [0, 0.1) is 0 Å². The molecule has 0 amide bonds. The van der Waals surface area contributed by atoms with E-state index in [2.05, 4.69) is 30.6 Å². The topological polar surface area (TPSA) is 84.3 Å². The van der Waals surface area contributed by atoms with Crippen molar-refractivity contribution in [2.45, 2.75) is 13.0 Å². The van der Waals surface area contributed by atoms with Crippen LogP contribution in [0.25, 0.3) is 11.0 Å². The maximum absolute atomic E-state index is 6.24. The molecule has 0 saturated heterocycles. The number of aromatic amines is 1. The van der Waals surface area contributed by atoms with Gasteiger partial charge < -0.3 is 4.98 Å². The number of pyridine rings is 2. The summed E-state index contributed by atoms with van der Waals surface area (Å²) in [4.78, 5) is 12.6. The van der Waals surface area contributed by atoms with Crippen molar-refractivity contribution in [1.29, 1.82) is 0 Å². The van der Waals surface area contributed by atoms with Crippen molar-refractivity contribution in [2.75, 3.05) is 5.43 Å². The lowest BCUT2D eigenvalue weighted by molar-refractivity contribution is 0.629. The molecule has 0 bridgehead atoms. The van der Waals surface area contributed by atoms with Crippen LogP contribution in [0.3, 0.4) is 0 Å². The smallest absolute Gasteiger partial charge is 0.177 e. The Balaban J connectivity index is 1.54. The minimum absolute atomic E-state index is 0.291. The molecule has 11 heteroatoms. The van der Waals surface area contributed by atoms with E-state index in [1.54, 1.807) is 6.20 Å². The maximum Gasteiger partial charge on any atom is 0.177 e. The minimum atomic E-state index is 0.291. The zero-order chi connectivity index (χ0) is 19.0. The quantitative estimate of drug-likeness (QED) is 0.475. The monoisotopic (exact) mass is 441 g/mol. The number of fused-ring (bicyclic) bond motifs is 1. The summed E-state index contributed by atoms with van der Waals surface area (Å²) in [5, 5.41) is 11.2. The van der Waals surface area contributed by atoms with Gasteiger partial charge in [0, 0.05) is 42.2 Å². The predicted molar refractivity (Wildman–Crippen MR) is 106 cm³/mol. The lowest BCUT2D eigenvalue weighted by Gasteiger charge is -2.07. The van der Waals surface area contributed by atoms with Crippen LogP contribution >= 0.6 is 46.4 Å². The van der Waals surface area contributed by atoms with E-state index >= 15 is 0 Å². The van der Waals surface area contributed by atoms with E-state index in [-0.39, 0.29) is 0 Å². The van der Waals surface area contributed by atoms with E-state index in [0.29, 0.717) is 44.4 Å². The summed E-state index contributed by atoms with van der Waals surface area (Å²) in [7, 11) is 0. The average molecular weight is 443 g/mol. The van der Waals surface area contributed by atoms with E-state index in [0.717, 1.165) is 16.6 Å². The Kier molecular flexibility index (Phi) is 5.10. The third-order valence-corrected chi connectivity index (χ3v) is 5.08. The fourth-order valence-corrected chi connectivity index (χ4v) is 3.45. The fraction of sp³-hybridized carbons (Fsp3) is 0.125. The van der Waals surface area contributed by atoms with E-state index in [9.17, 15) is 0 Å². The number of nitrogens with one attached hydrogen (secondary N) is 2. The maximum atomic E-state index is 6.24. The van der Waals surface area contributed by atoms with Gasteiger partial charge in [-0.1, -0.05) is 51.3 Å². The van der Waals surface area contributed by atoms with Gasteiger partial charge in [0.1, 0.15) is 11.3 Å². The number of nitrogens with zero attached hydrogens (tertiary/aromatic N) is 5. The Hall–Kier alpha value is -2.06. The SMILES string of the molecule is Clc1cnc2[nH]cc(Cc3nn(NCc4c(Cl)cncc4Cl)nc3Cl)c2c1. The zero-order valence-electron chi connectivity index (χ0n) is 13.5. The van der Waals surface area contributed by atoms with Gasteiger partial charge in [0.25, 0.3) is 0 Å². The molecule has 0 aromatic carbocycles. The highest BCUT2D eigenvalue weighted by Crippen LogP contribution is 2.25. The van der Waals surface area contributed by atoms with Gasteiger partial charge in [-0.05, 0) is 11.6 Å². The second kappa shape index (κ2) is 7.52. The Morgan fingerprint density at radius 2 is 1.81 bits per heavy atom. The molecule has 0 aliphatic carbocycles. The molecule has 7 nitrogen and oxygen atoms in total. The summed E-state index contributed by atoms with van der Waals surface area (Å²) >= 11 is 24.5. The van der Waals surface area contributed by atoms with Crippen LogP contribution in [0.15, 0.2) is 30.9 Å². The zero-order valence-corrected chi connectivity index (χ0v) is 16.6. The molecule has 4 aromatic heterocycles. The summed E-state index contributed by atoms with van der Waals surface area (Å²) < 4.78 is 0. The van der Waals surface area contributed by atoms with Gasteiger partial charge in [-0.3, -0.25) is 10.4 Å². The van der Waals surface area contributed by atoms with Crippen LogP contribution in [0.2, 0.25) is 20.2 Å². The number of hydrogen-bond donors (Lipinski definition) is 2. The number of halogens is 4. The standard InChI is InChI=1S/C16H11Cl4N7/c17-9-2-10-8(3-22-16(10)23-4-9)1-14-15(20)26-27(25-14)24-5-11-12(18)6-21-7-13(11)19/h2-4,6-7,24H,1,5H2,(H,22,23). The molecule has 4 heterocycles. The molecular formula is C16H11Cl4N7. The van der Waals surface area contributed by atoms with Crippen molar-refractivity contribution < 1.29 is 0 Å². The van der Waals surface area contributed by atoms with E-state index in [1.165, 1.54) is 17.3 Å². The molecule has 4 rings (SSSR count). The lowest BCUT2D eigenvalue weighted by atomic mass is 10.1. The first-order valence-electron chi connectivity index (χ1n) is 7.76. The van der Waals surface area contributed by atoms with Crippen molar-refractivity contribution in [3.8, 4) is 0 Å². The second-order valence-electron chi connectivity index (χ2n) is 5.68. The molecule has 0 saturated carbocycles. The first-order chi connectivity index (χ1) is 13.0. The fourth-order valence-electron chi connectivity index (χ4n) is 2.61. The van der Waals surface area contributed by atoms with Crippen LogP contribution in [0.4, 0.5) is 0 Å². The van der Waals surface area contributed by atoms with E-state index in [1.807, 2.05) is 12.3 Å². The lowest BCUT2D eigenvalue weighted by Crippen LogP contribution is -2.18. The van der Waals surface area contributed by atoms with Crippen molar-refractivity contribution >= 4 is 57.4 Å². The summed E-state index contributed by atoms with van der Waals surface area (Å²) in [6, 6.07) is 1.85. The summed E-state index contributed by atoms with van der Waals surface area (Å²) in [5.41, 5.74) is 6.02. The van der Waals surface area contributed by atoms with Crippen molar-refractivity contribution in [3.05, 3.63) is 67.9 Å². The van der Waals surface area contributed by atoms with Crippen LogP contribution in [-0.2, 0) is 13.0 Å². The van der Waals surface area contributed by atoms with Gasteiger partial charge in [-0.25, -0.2) is 4.98 Å². The number of rotatable bonds is 5. The Bertz CT molecular complexity index is 1100. The van der Waals surface area contributed by atoms with Crippen molar-refractivity contribution in [2.24, 2.45) is 0 Å². The molecule has 2 N–H and O–H groups in total. The van der Waals surface area contributed by atoms with E-state index in [4.69, 9.17) is 46.4 Å². The molecule has 4 aromatic rings. The third-order valence-electron chi connectivity index (χ3n) is 3.93. The molecule has 0 radical (unpaired) electrons. The van der Waals surface area contributed by atoms with Gasteiger partial charge in [0.2, 0.25) is 0 Å². The Morgan fingerprint density at radius 3 is 2.59 bits per heavy atom. The molecule has 0 atom stereocenters. The van der Waals surface area contributed by atoms with Gasteiger partial charge in [0.15, 0.2) is 5.15 Å². The molecule has 0 aliphatic heterocycles. The molecule has 0 fully saturated rings. The normalized spacial score (nSPS) is 11.3. The van der Waals surface area contributed by atoms with Crippen LogP contribution in [0.1, 0.15) is 16.8 Å². The van der Waals surface area contributed by atoms with Crippen LogP contribution < -0.4 is 5.43 Å². The predicted octanol–water partition coefficient (Wildman–Crippen LogP) is 4.50. The summed E-state index contributed by atoms with van der Waals surface area (Å²) in [6.07, 6.45) is 6.96. The molecule has 0 spiro atoms. The first kappa shape index (κ1) is 18.3. The number of aromatic nitrogens is 6. The Labute approximate surface area is 173 Å². The largest absolute Gasteiger partial charge is 0.346 e. The number of hydrogen-bond acceptors (Lipinski definition) is 5. The molecule has 0 unspecified atom stereocenters. The number of H-pyrrole nitrogens is 1. The summed E-state index contributed by atoms with van der Waals surface area (Å²) in [6.45, 7) is 0.317. The first-order valence-corrected chi connectivity index (χ1v) is 9.27. The molecule has 27 heavy (non-hydrogen) atoms. The highest BCUT2D eigenvalue weighted by molar-refractivity contribution is 6.35. The average Bonchev–Trinajstić information content (AvgIpc) is 3.18. The van der Waals surface area contributed by atoms with Crippen LogP contribution in [0.5, 0.6) is 0 Å². The minimum Gasteiger partial charge on any atom is -0.346 e. The second-order valence-corrected chi connectivity index (χ2v) is 7.29. The van der Waals surface area contributed by atoms with Crippen LogP contribution in [-0.4, -0.2) is 30.1 Å². The van der Waals surface area contributed by atoms with Crippen molar-refractivity contribution in [3.63, 3.8) is 0 Å². The summed E-state index contributed by atoms with van der Waals surface area (Å²) in [5.74, 6) is 0. The van der Waals surface area contributed by atoms with Crippen molar-refractivity contribution in [1.82, 2.24) is 30.1 Å². The third kappa shape index (κ3) is 3.82. The highest BCUT2D eigenvalue weighted by Gasteiger charge is 2.14. The van der Waals surface area contributed by atoms with Gasteiger partial charge in [-0.15, -0.1) is 10.2 Å². The van der Waals surface area contributed by atoms with Gasteiger partial charge in [-0.2, -0.15) is 0 Å². The highest BCUT2D eigenvalue weighted by atomic mass is 35.5. The molecule has 138 valence electrons. The van der Waals surface area contributed by atoms with Gasteiger partial charge in [0.05, 0.1) is 21.6 Å². The molecule has 0 aliphatic rings. The van der Waals surface area contributed by atoms with Gasteiger partial charge >= 0.3 is 0 Å².